The third kappa shape index (κ3) is 4.19. The predicted molar refractivity (Wildman–Crippen MR) is 143 cm³/mol. The molecule has 1 N–H and O–H groups in total. The van der Waals surface area contributed by atoms with E-state index in [4.69, 9.17) is 0 Å². The monoisotopic (exact) mass is 515 g/mol. The lowest BCUT2D eigenvalue weighted by atomic mass is 9.76. The van der Waals surface area contributed by atoms with Crippen LogP contribution in [0.25, 0.3) is 10.9 Å². The number of pyridine rings is 1. The summed E-state index contributed by atoms with van der Waals surface area (Å²) in [6, 6.07) is 16.4. The van der Waals surface area contributed by atoms with Gasteiger partial charge in [-0.05, 0) is 12.1 Å². The predicted octanol–water partition coefficient (Wildman–Crippen LogP) is 2.85. The van der Waals surface area contributed by atoms with Crippen LogP contribution in [0.1, 0.15) is 52.2 Å². The molecule has 1 fully saturated rings. The number of carbonyl (C=O) groups is 1. The van der Waals surface area contributed by atoms with E-state index in [9.17, 15) is 18.0 Å². The second-order valence-electron chi connectivity index (χ2n) is 9.06. The van der Waals surface area contributed by atoms with Crippen molar-refractivity contribution in [2.45, 2.75) is 25.2 Å². The van der Waals surface area contributed by atoms with Crippen molar-refractivity contribution in [2.75, 3.05) is 5.75 Å². The highest BCUT2D eigenvalue weighted by Crippen LogP contribution is 2.42. The van der Waals surface area contributed by atoms with Crippen LogP contribution in [-0.2, 0) is 21.2 Å². The second-order valence-corrected chi connectivity index (χ2v) is 11.8. The number of rotatable bonds is 4. The summed E-state index contributed by atoms with van der Waals surface area (Å²) in [6.45, 7) is 0. The molecule has 3 aromatic rings. The van der Waals surface area contributed by atoms with Crippen molar-refractivity contribution in [3.8, 4) is 0 Å². The summed E-state index contributed by atoms with van der Waals surface area (Å²) >= 11 is 1.59. The molecular formula is C27H21N3O4S2-2. The van der Waals surface area contributed by atoms with Crippen LogP contribution < -0.4 is 15.9 Å². The molecule has 1 saturated carbocycles. The Morgan fingerprint density at radius 2 is 1.94 bits per heavy atom. The average Bonchev–Trinajstić information content (AvgIpc) is 3.44. The van der Waals surface area contributed by atoms with Crippen LogP contribution in [0.5, 0.6) is 0 Å². The number of benzene rings is 2. The largest absolute Gasteiger partial charge is 0.680 e. The van der Waals surface area contributed by atoms with Crippen LogP contribution in [-0.4, -0.2) is 31.2 Å². The lowest BCUT2D eigenvalue weighted by Crippen LogP contribution is -2.26. The Bertz CT molecular complexity index is 1630. The summed E-state index contributed by atoms with van der Waals surface area (Å²) in [4.78, 5) is 34.0. The van der Waals surface area contributed by atoms with Crippen molar-refractivity contribution in [1.82, 2.24) is 10.3 Å². The lowest BCUT2D eigenvalue weighted by Gasteiger charge is -2.38. The van der Waals surface area contributed by atoms with Gasteiger partial charge in [0.15, 0.2) is 26.6 Å². The maximum absolute atomic E-state index is 13.0. The van der Waals surface area contributed by atoms with E-state index in [1.54, 1.807) is 11.4 Å². The number of allylic oxidation sites excluding steroid dienone is 1. The maximum atomic E-state index is 13.0. The fraction of sp³-hybridized carbons (Fsp3) is 0.185. The molecule has 0 bridgehead atoms. The number of aromatic nitrogens is 1. The van der Waals surface area contributed by atoms with Crippen LogP contribution in [0.2, 0.25) is 0 Å². The Hall–Kier alpha value is -3.53. The molecule has 9 heteroatoms. The van der Waals surface area contributed by atoms with Gasteiger partial charge in [-0.3, -0.25) is 4.79 Å². The first-order chi connectivity index (χ1) is 17.4. The molecule has 2 aromatic carbocycles. The van der Waals surface area contributed by atoms with Crippen LogP contribution in [0.4, 0.5) is 0 Å². The van der Waals surface area contributed by atoms with Gasteiger partial charge in [-0.1, -0.05) is 48.8 Å². The van der Waals surface area contributed by atoms with Crippen molar-refractivity contribution < 1.29 is 13.2 Å². The fourth-order valence-corrected chi connectivity index (χ4v) is 6.52. The summed E-state index contributed by atoms with van der Waals surface area (Å²) < 4.78 is 23.3. The molecule has 1 amide bonds. The zero-order valence-corrected chi connectivity index (χ0v) is 20.7. The smallest absolute Gasteiger partial charge is 0.279 e. The highest BCUT2D eigenvalue weighted by Gasteiger charge is 2.26. The molecule has 2 aliphatic heterocycles. The van der Waals surface area contributed by atoms with Crippen LogP contribution >= 0.6 is 0 Å². The van der Waals surface area contributed by atoms with Gasteiger partial charge >= 0.3 is 0 Å². The lowest BCUT2D eigenvalue weighted by molar-refractivity contribution is 0.100. The Labute approximate surface area is 212 Å². The van der Waals surface area contributed by atoms with E-state index in [0.29, 0.717) is 16.8 Å². The topological polar surface area (TPSA) is 107 Å². The van der Waals surface area contributed by atoms with E-state index in [0.717, 1.165) is 46.4 Å². The number of fused-ring (bicyclic) bond motifs is 1. The van der Waals surface area contributed by atoms with Gasteiger partial charge in [0.25, 0.3) is 5.91 Å². The maximum Gasteiger partial charge on any atom is 0.279 e. The molecule has 1 aliphatic carbocycles. The number of aliphatic imine (C=N–C) groups is 1. The normalized spacial score (nSPS) is 19.9. The van der Waals surface area contributed by atoms with Gasteiger partial charge in [-0.2, -0.15) is 17.7 Å². The Morgan fingerprint density at radius 1 is 1.14 bits per heavy atom. The molecule has 182 valence electrons. The molecule has 0 atom stereocenters. The number of amides is 1. The quantitative estimate of drug-likeness (QED) is 0.325. The average molecular weight is 516 g/mol. The van der Waals surface area contributed by atoms with E-state index in [1.807, 2.05) is 41.8 Å². The number of sulfone groups is 1. The van der Waals surface area contributed by atoms with E-state index in [2.05, 4.69) is 21.4 Å². The van der Waals surface area contributed by atoms with E-state index >= 15 is 0 Å². The van der Waals surface area contributed by atoms with Crippen molar-refractivity contribution in [3.05, 3.63) is 104 Å². The molecule has 0 spiro atoms. The first-order valence-electron chi connectivity index (χ1n) is 11.6. The summed E-state index contributed by atoms with van der Waals surface area (Å²) in [7, 11) is -3.39. The third-order valence-corrected chi connectivity index (χ3v) is 8.85. The van der Waals surface area contributed by atoms with Gasteiger partial charge in [-0.15, -0.1) is 29.3 Å². The van der Waals surface area contributed by atoms with Gasteiger partial charge in [0.05, 0.1) is 22.6 Å². The zero-order valence-electron chi connectivity index (χ0n) is 19.1. The number of nitrogens with one attached hydrogen (secondary N) is 1. The van der Waals surface area contributed by atoms with Crippen LogP contribution in [0, 0.1) is 11.4 Å². The summed E-state index contributed by atoms with van der Waals surface area (Å²) in [5.74, 6) is -0.733. The highest BCUT2D eigenvalue weighted by atomic mass is 32.2. The Kier molecular flexibility index (Phi) is 5.63. The van der Waals surface area contributed by atoms with Crippen molar-refractivity contribution in [3.63, 3.8) is 0 Å². The van der Waals surface area contributed by atoms with Crippen molar-refractivity contribution in [1.29, 1.82) is 0 Å². The first-order valence-corrected chi connectivity index (χ1v) is 14.2. The van der Waals surface area contributed by atoms with Gasteiger partial charge in [-0.25, -0.2) is 18.9 Å². The zero-order chi connectivity index (χ0) is 24.9. The molecule has 0 unspecified atom stereocenters. The van der Waals surface area contributed by atoms with Crippen molar-refractivity contribution in [2.24, 2.45) is 4.99 Å². The summed E-state index contributed by atoms with van der Waals surface area (Å²) in [5.41, 5.74) is 2.93. The number of hydrogen-bond donors (Lipinski definition) is 1. The van der Waals surface area contributed by atoms with Gasteiger partial charge in [0.2, 0.25) is 0 Å². The third-order valence-electron chi connectivity index (χ3n) is 6.67. The molecule has 3 aliphatic rings. The molecular weight excluding hydrogens is 494 g/mol. The first kappa shape index (κ1) is 22.9. The summed E-state index contributed by atoms with van der Waals surface area (Å²) in [6.07, 6.45) is 4.63. The standard InChI is InChI=1S/C27H22N3O4S2/c31-25(28-19-11-12-36(33,34)15-19)21-13-18-9-10-20(16-7-4-8-16)23(24(18)30-26(21)32)22-14-35-27(29-22)17-5-2-1-3-6-17/h1-3,5-6,9-14,16,29H,4,7-8,15H2,(H,30,31,32)/q-1/p-1. The van der Waals surface area contributed by atoms with Gasteiger partial charge < -0.3 is 15.1 Å². The minimum atomic E-state index is -3.39. The Morgan fingerprint density at radius 3 is 2.64 bits per heavy atom. The number of hydrogen-bond acceptors (Lipinski definition) is 5. The Balaban J connectivity index is 1.40. The second kappa shape index (κ2) is 8.85. The fourth-order valence-electron chi connectivity index (χ4n) is 4.63. The SMILES string of the molecule is O=C(N=C1C=CS(=O)(=O)C1)c1cc2ccc(C3CCC3)c([C-]3C=[S+][C-](c4ccccc4)N3)c2[n-]c1=O. The van der Waals surface area contributed by atoms with Crippen molar-refractivity contribution >= 4 is 49.1 Å². The van der Waals surface area contributed by atoms with Crippen LogP contribution in [0.15, 0.2) is 69.8 Å². The highest BCUT2D eigenvalue weighted by molar-refractivity contribution is 7.95. The van der Waals surface area contributed by atoms with E-state index in [-0.39, 0.29) is 17.0 Å². The van der Waals surface area contributed by atoms with Gasteiger partial charge in [0, 0.05) is 5.41 Å². The van der Waals surface area contributed by atoms with Gasteiger partial charge in [0.1, 0.15) is 5.37 Å². The van der Waals surface area contributed by atoms with Crippen LogP contribution in [0.3, 0.4) is 0 Å². The molecule has 3 heterocycles. The molecule has 36 heavy (non-hydrogen) atoms. The molecule has 7 nitrogen and oxygen atoms in total. The minimum absolute atomic E-state index is 0.113. The summed E-state index contributed by atoms with van der Waals surface area (Å²) in [5, 5.41) is 8.25. The van der Waals surface area contributed by atoms with E-state index < -0.39 is 21.3 Å². The molecule has 6 rings (SSSR count). The number of nitrogens with zero attached hydrogens (tertiary/aromatic N) is 2. The molecule has 1 aromatic heterocycles. The van der Waals surface area contributed by atoms with E-state index in [1.165, 1.54) is 18.6 Å². The minimum Gasteiger partial charge on any atom is -0.680 e. The molecule has 0 saturated heterocycles. The number of carbonyl (C=O) groups excluding carboxylic acids is 1. The molecule has 0 radical (unpaired) electrons.